The van der Waals surface area contributed by atoms with Crippen LogP contribution in [0.2, 0.25) is 0 Å². The van der Waals surface area contributed by atoms with Gasteiger partial charge in [0.15, 0.2) is 0 Å². The van der Waals surface area contributed by atoms with E-state index in [0.717, 1.165) is 23.3 Å². The van der Waals surface area contributed by atoms with Gasteiger partial charge in [0, 0.05) is 6.42 Å². The minimum atomic E-state index is -0.610. The second-order valence-corrected chi connectivity index (χ2v) is 4.04. The van der Waals surface area contributed by atoms with Crippen LogP contribution in [0.4, 0.5) is 0 Å². The molecule has 0 amide bonds. The smallest absolute Gasteiger partial charge is 0.201 e. The summed E-state index contributed by atoms with van der Waals surface area (Å²) in [6.07, 6.45) is 0.721. The lowest BCUT2D eigenvalue weighted by molar-refractivity contribution is -0.183. The molecule has 0 unspecified atom stereocenters. The summed E-state index contributed by atoms with van der Waals surface area (Å²) in [6, 6.07) is 5.65. The van der Waals surface area contributed by atoms with Crippen LogP contribution in [0.25, 0.3) is 0 Å². The first-order valence-corrected chi connectivity index (χ1v) is 5.49. The summed E-state index contributed by atoms with van der Waals surface area (Å²) in [5.41, 5.74) is 1.78. The maximum Gasteiger partial charge on any atom is 0.201 e. The fourth-order valence-corrected chi connectivity index (χ4v) is 2.28. The van der Waals surface area contributed by atoms with Gasteiger partial charge >= 0.3 is 0 Å². The normalized spacial score (nSPS) is 21.8. The number of aliphatic hydroxyl groups excluding tert-OH is 1. The van der Waals surface area contributed by atoms with Crippen molar-refractivity contribution in [1.82, 2.24) is 0 Å². The SMILES string of the molecule is OCc1ccc2c(c1)OCCC21OCCO1. The van der Waals surface area contributed by atoms with E-state index >= 15 is 0 Å². The second kappa shape index (κ2) is 3.73. The molecule has 0 bridgehead atoms. The number of ether oxygens (including phenoxy) is 3. The van der Waals surface area contributed by atoms with Crippen molar-refractivity contribution < 1.29 is 19.3 Å². The van der Waals surface area contributed by atoms with Gasteiger partial charge in [-0.1, -0.05) is 6.07 Å². The number of hydrogen-bond donors (Lipinski definition) is 1. The highest BCUT2D eigenvalue weighted by molar-refractivity contribution is 5.42. The van der Waals surface area contributed by atoms with Gasteiger partial charge in [-0.25, -0.2) is 0 Å². The van der Waals surface area contributed by atoms with Gasteiger partial charge in [-0.05, 0) is 17.7 Å². The Hall–Kier alpha value is -1.10. The van der Waals surface area contributed by atoms with Crippen molar-refractivity contribution in [3.63, 3.8) is 0 Å². The minimum absolute atomic E-state index is 0.0192. The summed E-state index contributed by atoms with van der Waals surface area (Å²) in [7, 11) is 0. The Morgan fingerprint density at radius 1 is 1.19 bits per heavy atom. The zero-order chi connectivity index (χ0) is 11.0. The van der Waals surface area contributed by atoms with E-state index in [1.165, 1.54) is 0 Å². The molecule has 1 fully saturated rings. The number of rotatable bonds is 1. The largest absolute Gasteiger partial charge is 0.493 e. The highest BCUT2D eigenvalue weighted by Gasteiger charge is 2.43. The van der Waals surface area contributed by atoms with Crippen molar-refractivity contribution in [2.75, 3.05) is 19.8 Å². The molecule has 2 aliphatic heterocycles. The van der Waals surface area contributed by atoms with E-state index in [9.17, 15) is 0 Å². The molecule has 0 saturated carbocycles. The zero-order valence-corrected chi connectivity index (χ0v) is 8.94. The predicted molar refractivity (Wildman–Crippen MR) is 56.1 cm³/mol. The van der Waals surface area contributed by atoms with Gasteiger partial charge in [-0.2, -0.15) is 0 Å². The number of hydrogen-bond acceptors (Lipinski definition) is 4. The lowest BCUT2D eigenvalue weighted by atomic mass is 9.97. The van der Waals surface area contributed by atoms with Crippen LogP contribution in [0, 0.1) is 0 Å². The van der Waals surface area contributed by atoms with Gasteiger partial charge in [0.05, 0.1) is 32.0 Å². The number of fused-ring (bicyclic) bond motifs is 2. The Bertz CT molecular complexity index is 396. The number of aliphatic hydroxyl groups is 1. The van der Waals surface area contributed by atoms with Gasteiger partial charge < -0.3 is 19.3 Å². The molecule has 4 nitrogen and oxygen atoms in total. The molecule has 16 heavy (non-hydrogen) atoms. The first-order chi connectivity index (χ1) is 7.84. The average molecular weight is 222 g/mol. The van der Waals surface area contributed by atoms with E-state index in [-0.39, 0.29) is 6.61 Å². The van der Waals surface area contributed by atoms with Gasteiger partial charge in [-0.15, -0.1) is 0 Å². The number of benzene rings is 1. The molecule has 2 aliphatic rings. The van der Waals surface area contributed by atoms with E-state index in [1.54, 1.807) is 0 Å². The van der Waals surface area contributed by atoms with Crippen molar-refractivity contribution in [3.8, 4) is 5.75 Å². The van der Waals surface area contributed by atoms with Crippen LogP contribution in [-0.4, -0.2) is 24.9 Å². The van der Waals surface area contributed by atoms with Gasteiger partial charge in [0.25, 0.3) is 0 Å². The summed E-state index contributed by atoms with van der Waals surface area (Å²) in [4.78, 5) is 0. The highest BCUT2D eigenvalue weighted by atomic mass is 16.7. The molecule has 0 aromatic heterocycles. The predicted octanol–water partition coefficient (Wildman–Crippen LogP) is 1.16. The summed E-state index contributed by atoms with van der Waals surface area (Å²) >= 11 is 0. The monoisotopic (exact) mass is 222 g/mol. The molecule has 0 radical (unpaired) electrons. The molecule has 0 atom stereocenters. The molecule has 0 aliphatic carbocycles. The molecular weight excluding hydrogens is 208 g/mol. The zero-order valence-electron chi connectivity index (χ0n) is 8.94. The average Bonchev–Trinajstić information content (AvgIpc) is 2.78. The molecule has 3 rings (SSSR count). The van der Waals surface area contributed by atoms with Crippen molar-refractivity contribution in [2.24, 2.45) is 0 Å². The highest BCUT2D eigenvalue weighted by Crippen LogP contribution is 2.43. The lowest BCUT2D eigenvalue weighted by Gasteiger charge is -2.33. The van der Waals surface area contributed by atoms with E-state index < -0.39 is 5.79 Å². The Balaban J connectivity index is 2.05. The maximum atomic E-state index is 9.08. The van der Waals surface area contributed by atoms with E-state index in [1.807, 2.05) is 18.2 Å². The van der Waals surface area contributed by atoms with Crippen LogP contribution in [0.5, 0.6) is 5.75 Å². The topological polar surface area (TPSA) is 47.9 Å². The molecule has 4 heteroatoms. The molecule has 1 spiro atoms. The van der Waals surface area contributed by atoms with E-state index in [4.69, 9.17) is 19.3 Å². The Kier molecular flexibility index (Phi) is 2.35. The van der Waals surface area contributed by atoms with E-state index in [0.29, 0.717) is 19.8 Å². The van der Waals surface area contributed by atoms with Gasteiger partial charge in [-0.3, -0.25) is 0 Å². The molecular formula is C12H14O4. The molecule has 1 N–H and O–H groups in total. The third-order valence-electron chi connectivity index (χ3n) is 3.08. The minimum Gasteiger partial charge on any atom is -0.493 e. The molecule has 86 valence electrons. The standard InChI is InChI=1S/C12H14O4/c13-8-9-1-2-10-11(7-9)14-4-3-12(10)15-5-6-16-12/h1-2,7,13H,3-6,8H2. The Labute approximate surface area is 93.7 Å². The van der Waals surface area contributed by atoms with Gasteiger partial charge in [0.2, 0.25) is 5.79 Å². The molecule has 1 aromatic rings. The summed E-state index contributed by atoms with van der Waals surface area (Å²) < 4.78 is 17.0. The summed E-state index contributed by atoms with van der Waals surface area (Å²) in [5, 5.41) is 9.08. The van der Waals surface area contributed by atoms with Crippen molar-refractivity contribution in [2.45, 2.75) is 18.8 Å². The summed E-state index contributed by atoms with van der Waals surface area (Å²) in [5.74, 6) is 0.154. The Morgan fingerprint density at radius 2 is 2.00 bits per heavy atom. The van der Waals surface area contributed by atoms with Crippen molar-refractivity contribution in [3.05, 3.63) is 29.3 Å². The van der Waals surface area contributed by atoms with Crippen molar-refractivity contribution in [1.29, 1.82) is 0 Å². The fourth-order valence-electron chi connectivity index (χ4n) is 2.28. The molecule has 1 saturated heterocycles. The quantitative estimate of drug-likeness (QED) is 0.774. The fraction of sp³-hybridized carbons (Fsp3) is 0.500. The molecule has 1 aromatic carbocycles. The van der Waals surface area contributed by atoms with Crippen LogP contribution < -0.4 is 4.74 Å². The van der Waals surface area contributed by atoms with Crippen LogP contribution in [0.1, 0.15) is 17.5 Å². The van der Waals surface area contributed by atoms with Crippen LogP contribution in [0.3, 0.4) is 0 Å². The first-order valence-electron chi connectivity index (χ1n) is 5.49. The van der Waals surface area contributed by atoms with Gasteiger partial charge in [0.1, 0.15) is 5.75 Å². The first kappa shape index (κ1) is 10.1. The maximum absolute atomic E-state index is 9.08. The Morgan fingerprint density at radius 3 is 2.75 bits per heavy atom. The second-order valence-electron chi connectivity index (χ2n) is 4.04. The molecule has 2 heterocycles. The van der Waals surface area contributed by atoms with E-state index in [2.05, 4.69) is 0 Å². The van der Waals surface area contributed by atoms with Crippen LogP contribution in [0.15, 0.2) is 18.2 Å². The van der Waals surface area contributed by atoms with Crippen LogP contribution in [-0.2, 0) is 21.9 Å². The lowest BCUT2D eigenvalue weighted by Crippen LogP contribution is -2.33. The third kappa shape index (κ3) is 1.42. The van der Waals surface area contributed by atoms with Crippen LogP contribution >= 0.6 is 0 Å². The summed E-state index contributed by atoms with van der Waals surface area (Å²) in [6.45, 7) is 1.86. The third-order valence-corrected chi connectivity index (χ3v) is 3.08. The van der Waals surface area contributed by atoms with Crippen molar-refractivity contribution >= 4 is 0 Å².